The van der Waals surface area contributed by atoms with Crippen molar-refractivity contribution < 1.29 is 14.3 Å². The van der Waals surface area contributed by atoms with Crippen LogP contribution in [0.1, 0.15) is 93.4 Å². The lowest BCUT2D eigenvalue weighted by Crippen LogP contribution is -2.52. The lowest BCUT2D eigenvalue weighted by atomic mass is 9.69. The molecule has 6 nitrogen and oxygen atoms in total. The van der Waals surface area contributed by atoms with Crippen LogP contribution < -0.4 is 5.32 Å². The van der Waals surface area contributed by atoms with E-state index in [1.807, 2.05) is 48.5 Å². The van der Waals surface area contributed by atoms with Crippen LogP contribution in [0.25, 0.3) is 22.6 Å². The number of nitriles is 1. The van der Waals surface area contributed by atoms with Gasteiger partial charge in [-0.2, -0.15) is 5.26 Å². The van der Waals surface area contributed by atoms with Crippen LogP contribution in [-0.2, 0) is 16.0 Å². The van der Waals surface area contributed by atoms with Gasteiger partial charge in [0.25, 0.3) is 5.91 Å². The summed E-state index contributed by atoms with van der Waals surface area (Å²) in [5, 5.41) is 14.1. The van der Waals surface area contributed by atoms with Gasteiger partial charge in [-0.15, -0.1) is 0 Å². The number of fused-ring (bicyclic) bond motifs is 2. The summed E-state index contributed by atoms with van der Waals surface area (Å²) in [6, 6.07) is 17.6. The van der Waals surface area contributed by atoms with Gasteiger partial charge in [-0.25, -0.2) is 9.78 Å². The predicted octanol–water partition coefficient (Wildman–Crippen LogP) is 7.93. The van der Waals surface area contributed by atoms with Crippen LogP contribution in [0.2, 0.25) is 5.02 Å². The molecule has 2 aliphatic carbocycles. The minimum atomic E-state index is -1.06. The standard InChI is InChI=1S/C35H38ClN3O3/c1-22(32(40)39-35(21-37)16-8-5-9-17-35)42-33(41)30-27-10-6-7-11-29(27)38-31-24(18-23-12-14-26(36)15-13-23)19-25(20-28(30)31)34(2,3)4/h6-7,10-15,18,22,25H,5,8-9,16-17,19-20H2,1-4H3,(H,39,40)/b24-18-/t22-,25+/m1/s1. The third kappa shape index (κ3) is 6.22. The molecule has 1 amide bonds. The van der Waals surface area contributed by atoms with Crippen molar-refractivity contribution in [3.63, 3.8) is 0 Å². The molecule has 5 rings (SSSR count). The number of benzene rings is 2. The summed E-state index contributed by atoms with van der Waals surface area (Å²) < 4.78 is 5.87. The molecule has 218 valence electrons. The number of hydrogen-bond donors (Lipinski definition) is 1. The molecular weight excluding hydrogens is 546 g/mol. The molecule has 3 aromatic rings. The molecule has 0 aliphatic heterocycles. The van der Waals surface area contributed by atoms with E-state index in [9.17, 15) is 14.9 Å². The highest BCUT2D eigenvalue weighted by atomic mass is 35.5. The van der Waals surface area contributed by atoms with E-state index in [-0.39, 0.29) is 11.3 Å². The highest BCUT2D eigenvalue weighted by Gasteiger charge is 2.38. The molecule has 0 bridgehead atoms. The minimum Gasteiger partial charge on any atom is -0.449 e. The van der Waals surface area contributed by atoms with E-state index in [0.717, 1.165) is 48.1 Å². The van der Waals surface area contributed by atoms with Crippen molar-refractivity contribution in [1.29, 1.82) is 5.26 Å². The van der Waals surface area contributed by atoms with Crippen molar-refractivity contribution >= 4 is 46.0 Å². The number of carbonyl (C=O) groups is 2. The van der Waals surface area contributed by atoms with E-state index in [1.165, 1.54) is 0 Å². The lowest BCUT2D eigenvalue weighted by molar-refractivity contribution is -0.130. The molecule has 0 saturated heterocycles. The molecule has 1 saturated carbocycles. The minimum absolute atomic E-state index is 0.0254. The van der Waals surface area contributed by atoms with Gasteiger partial charge in [-0.1, -0.05) is 82.0 Å². The average Bonchev–Trinajstić information content (AvgIpc) is 2.97. The van der Waals surface area contributed by atoms with Gasteiger partial charge in [0.05, 0.1) is 22.8 Å². The van der Waals surface area contributed by atoms with Crippen LogP contribution in [0.3, 0.4) is 0 Å². The maximum atomic E-state index is 14.0. The second-order valence-electron chi connectivity index (χ2n) is 12.8. The number of hydrogen-bond acceptors (Lipinski definition) is 5. The molecule has 2 atom stereocenters. The average molecular weight is 584 g/mol. The fraction of sp³-hybridized carbons (Fsp3) is 0.429. The Morgan fingerprint density at radius 2 is 1.79 bits per heavy atom. The first-order valence-electron chi connectivity index (χ1n) is 14.8. The molecule has 0 unspecified atom stereocenters. The van der Waals surface area contributed by atoms with E-state index in [2.05, 4.69) is 38.2 Å². The third-order valence-corrected chi connectivity index (χ3v) is 9.04. The molecule has 42 heavy (non-hydrogen) atoms. The van der Waals surface area contributed by atoms with Crippen LogP contribution >= 0.6 is 11.6 Å². The van der Waals surface area contributed by atoms with E-state index < -0.39 is 23.5 Å². The summed E-state index contributed by atoms with van der Waals surface area (Å²) >= 11 is 6.14. The Labute approximate surface area is 253 Å². The monoisotopic (exact) mass is 583 g/mol. The number of allylic oxidation sites excluding steroid dienone is 1. The number of nitrogens with zero attached hydrogens (tertiary/aromatic N) is 2. The Bertz CT molecular complexity index is 1570. The number of halogens is 1. The first kappa shape index (κ1) is 29.8. The zero-order valence-corrected chi connectivity index (χ0v) is 25.6. The molecule has 1 fully saturated rings. The topological polar surface area (TPSA) is 92.1 Å². The smallest absolute Gasteiger partial charge is 0.339 e. The van der Waals surface area contributed by atoms with Gasteiger partial charge in [0.15, 0.2) is 6.10 Å². The zero-order valence-electron chi connectivity index (χ0n) is 24.8. The molecule has 1 aromatic heterocycles. The number of nitrogens with one attached hydrogen (secondary N) is 1. The van der Waals surface area contributed by atoms with Gasteiger partial charge in [-0.3, -0.25) is 4.79 Å². The summed E-state index contributed by atoms with van der Waals surface area (Å²) in [6.45, 7) is 8.23. The van der Waals surface area contributed by atoms with Gasteiger partial charge in [0, 0.05) is 10.4 Å². The second kappa shape index (κ2) is 11.9. The number of rotatable bonds is 5. The van der Waals surface area contributed by atoms with Gasteiger partial charge in [0.2, 0.25) is 0 Å². The SMILES string of the molecule is C[C@@H](OC(=O)c1c2c(nc3ccccc13)/C(=C\c1ccc(Cl)cc1)C[C@H](C(C)(C)C)C2)C(=O)NC1(C#N)CCCCC1. The number of carbonyl (C=O) groups excluding carboxylic acids is 2. The summed E-state index contributed by atoms with van der Waals surface area (Å²) in [6.07, 6.45) is 6.59. The van der Waals surface area contributed by atoms with Crippen molar-refractivity contribution in [2.75, 3.05) is 0 Å². The molecule has 2 aliphatic rings. The molecule has 1 heterocycles. The van der Waals surface area contributed by atoms with Gasteiger partial charge in [0.1, 0.15) is 5.54 Å². The molecular formula is C35H38ClN3O3. The normalized spacial score (nSPS) is 19.9. The number of ether oxygens (including phenoxy) is 1. The first-order valence-corrected chi connectivity index (χ1v) is 15.2. The lowest BCUT2D eigenvalue weighted by Gasteiger charge is -2.37. The summed E-state index contributed by atoms with van der Waals surface area (Å²) in [7, 11) is 0. The Balaban J connectivity index is 1.55. The number of aromatic nitrogens is 1. The van der Waals surface area contributed by atoms with E-state index >= 15 is 0 Å². The molecule has 2 aromatic carbocycles. The summed E-state index contributed by atoms with van der Waals surface area (Å²) in [4.78, 5) is 32.3. The molecule has 7 heteroatoms. The Morgan fingerprint density at radius 3 is 2.45 bits per heavy atom. The van der Waals surface area contributed by atoms with Crippen LogP contribution in [0.4, 0.5) is 0 Å². The highest BCUT2D eigenvalue weighted by molar-refractivity contribution is 6.30. The van der Waals surface area contributed by atoms with Crippen LogP contribution in [0.15, 0.2) is 48.5 Å². The quantitative estimate of drug-likeness (QED) is 0.308. The highest BCUT2D eigenvalue weighted by Crippen LogP contribution is 2.45. The van der Waals surface area contributed by atoms with Crippen LogP contribution in [0, 0.1) is 22.7 Å². The fourth-order valence-corrected chi connectivity index (χ4v) is 6.29. The van der Waals surface area contributed by atoms with E-state index in [4.69, 9.17) is 21.3 Å². The van der Waals surface area contributed by atoms with Crippen molar-refractivity contribution in [3.05, 3.63) is 75.9 Å². The van der Waals surface area contributed by atoms with Crippen LogP contribution in [0.5, 0.6) is 0 Å². The zero-order chi connectivity index (χ0) is 30.1. The van der Waals surface area contributed by atoms with Crippen molar-refractivity contribution in [1.82, 2.24) is 10.3 Å². The Hall–Kier alpha value is -3.69. The van der Waals surface area contributed by atoms with E-state index in [1.54, 1.807) is 6.92 Å². The Kier molecular flexibility index (Phi) is 8.44. The third-order valence-electron chi connectivity index (χ3n) is 8.79. The molecule has 0 radical (unpaired) electrons. The number of para-hydroxylation sites is 1. The number of esters is 1. The first-order chi connectivity index (χ1) is 20.0. The molecule has 0 spiro atoms. The summed E-state index contributed by atoms with van der Waals surface area (Å²) in [5.74, 6) is -0.752. The predicted molar refractivity (Wildman–Crippen MR) is 167 cm³/mol. The van der Waals surface area contributed by atoms with Gasteiger partial charge < -0.3 is 10.1 Å². The second-order valence-corrected chi connectivity index (χ2v) is 13.3. The summed E-state index contributed by atoms with van der Waals surface area (Å²) in [5.41, 5.74) is 3.92. The van der Waals surface area contributed by atoms with Gasteiger partial charge in [-0.05, 0) is 84.9 Å². The maximum Gasteiger partial charge on any atom is 0.339 e. The number of amides is 1. The largest absolute Gasteiger partial charge is 0.449 e. The van der Waals surface area contributed by atoms with Crippen molar-refractivity contribution in [2.24, 2.45) is 11.3 Å². The maximum absolute atomic E-state index is 14.0. The molecule has 1 N–H and O–H groups in total. The van der Waals surface area contributed by atoms with Crippen LogP contribution in [-0.4, -0.2) is 28.5 Å². The Morgan fingerprint density at radius 1 is 1.10 bits per heavy atom. The number of pyridine rings is 1. The van der Waals surface area contributed by atoms with Crippen molar-refractivity contribution in [3.8, 4) is 6.07 Å². The van der Waals surface area contributed by atoms with Gasteiger partial charge >= 0.3 is 5.97 Å². The fourth-order valence-electron chi connectivity index (χ4n) is 6.16. The van der Waals surface area contributed by atoms with Crippen molar-refractivity contribution in [2.45, 2.75) is 84.3 Å². The van der Waals surface area contributed by atoms with E-state index in [0.29, 0.717) is 40.8 Å².